The van der Waals surface area contributed by atoms with Gasteiger partial charge in [-0.25, -0.2) is 14.2 Å². The minimum absolute atomic E-state index is 0.0160. The fourth-order valence-corrected chi connectivity index (χ4v) is 3.64. The summed E-state index contributed by atoms with van der Waals surface area (Å²) in [5, 5.41) is 13.5. The van der Waals surface area contributed by atoms with Gasteiger partial charge in [-0.1, -0.05) is 0 Å². The van der Waals surface area contributed by atoms with Crippen LogP contribution in [0.2, 0.25) is 0 Å². The van der Waals surface area contributed by atoms with Crippen LogP contribution in [0.25, 0.3) is 0 Å². The number of rotatable bonds is 3. The maximum Gasteiger partial charge on any atom is 0.243 e. The molecule has 1 aliphatic carbocycles. The lowest BCUT2D eigenvalue weighted by Gasteiger charge is -2.28. The third kappa shape index (κ3) is 3.35. The average molecular weight is 452 g/mol. The second kappa shape index (κ2) is 6.84. The van der Waals surface area contributed by atoms with Gasteiger partial charge in [0.15, 0.2) is 0 Å². The lowest BCUT2D eigenvalue weighted by Crippen LogP contribution is -2.44. The zero-order chi connectivity index (χ0) is 17.4. The quantitative estimate of drug-likeness (QED) is 0.282. The highest BCUT2D eigenvalue weighted by Gasteiger charge is 2.46. The van der Waals surface area contributed by atoms with Crippen LogP contribution in [0, 0.1) is 31.2 Å². The molecule has 1 saturated carbocycles. The monoisotopic (exact) mass is 452 g/mol. The van der Waals surface area contributed by atoms with E-state index in [-0.39, 0.29) is 32.6 Å². The lowest BCUT2D eigenvalue weighted by atomic mass is 9.79. The Labute approximate surface area is 149 Å². The SMILES string of the molecule is O=C(Nc1cc(F)c(I)c(F)c1)C1NNC2CCC([N+](=O)[O-])CC21. The summed E-state index contributed by atoms with van der Waals surface area (Å²) in [7, 11) is 0. The van der Waals surface area contributed by atoms with E-state index >= 15 is 0 Å². The summed E-state index contributed by atoms with van der Waals surface area (Å²) in [6, 6.07) is 0.703. The Morgan fingerprint density at radius 2 is 1.96 bits per heavy atom. The molecule has 4 unspecified atom stereocenters. The number of hydrogen-bond donors (Lipinski definition) is 3. The molecule has 3 rings (SSSR count). The van der Waals surface area contributed by atoms with Crippen LogP contribution in [0.3, 0.4) is 0 Å². The van der Waals surface area contributed by atoms with Gasteiger partial charge in [0.2, 0.25) is 11.9 Å². The fourth-order valence-electron chi connectivity index (χ4n) is 3.33. The van der Waals surface area contributed by atoms with Crippen molar-refractivity contribution in [1.82, 2.24) is 10.9 Å². The van der Waals surface area contributed by atoms with Gasteiger partial charge in [0.1, 0.15) is 17.7 Å². The normalized spacial score (nSPS) is 29.1. The number of anilines is 1. The molecule has 1 aromatic rings. The van der Waals surface area contributed by atoms with Crippen molar-refractivity contribution in [3.05, 3.63) is 37.5 Å². The molecule has 2 aliphatic rings. The van der Waals surface area contributed by atoms with E-state index in [1.54, 1.807) is 22.6 Å². The summed E-state index contributed by atoms with van der Waals surface area (Å²) >= 11 is 1.54. The Balaban J connectivity index is 1.72. The minimum Gasteiger partial charge on any atom is -0.324 e. The molecule has 1 aliphatic heterocycles. The summed E-state index contributed by atoms with van der Waals surface area (Å²) in [6.07, 6.45) is 1.34. The van der Waals surface area contributed by atoms with Crippen molar-refractivity contribution < 1.29 is 18.5 Å². The number of fused-ring (bicyclic) bond motifs is 1. The third-order valence-electron chi connectivity index (χ3n) is 4.56. The summed E-state index contributed by atoms with van der Waals surface area (Å²) in [5.74, 6) is -2.23. The van der Waals surface area contributed by atoms with Crippen LogP contribution in [0.15, 0.2) is 12.1 Å². The topological polar surface area (TPSA) is 96.3 Å². The molecule has 0 aromatic heterocycles. The van der Waals surface area contributed by atoms with E-state index in [1.165, 1.54) is 0 Å². The summed E-state index contributed by atoms with van der Waals surface area (Å²) in [5.41, 5.74) is 5.85. The van der Waals surface area contributed by atoms with Gasteiger partial charge in [0, 0.05) is 35.4 Å². The van der Waals surface area contributed by atoms with Crippen LogP contribution >= 0.6 is 22.6 Å². The second-order valence-corrected chi connectivity index (χ2v) is 7.11. The molecule has 1 aromatic carbocycles. The number of benzene rings is 1. The summed E-state index contributed by atoms with van der Waals surface area (Å²) < 4.78 is 27.0. The van der Waals surface area contributed by atoms with Crippen molar-refractivity contribution in [3.8, 4) is 0 Å². The minimum atomic E-state index is -0.757. The zero-order valence-electron chi connectivity index (χ0n) is 12.4. The summed E-state index contributed by atoms with van der Waals surface area (Å²) in [6.45, 7) is 0. The molecule has 24 heavy (non-hydrogen) atoms. The van der Waals surface area contributed by atoms with E-state index < -0.39 is 29.6 Å². The first-order valence-corrected chi connectivity index (χ1v) is 8.54. The Morgan fingerprint density at radius 3 is 2.58 bits per heavy atom. The Bertz CT molecular complexity index is 667. The number of amides is 1. The largest absolute Gasteiger partial charge is 0.324 e. The van der Waals surface area contributed by atoms with Crippen molar-refractivity contribution >= 4 is 34.2 Å². The van der Waals surface area contributed by atoms with Gasteiger partial charge in [0.05, 0.1) is 3.57 Å². The van der Waals surface area contributed by atoms with Crippen LogP contribution in [0.4, 0.5) is 14.5 Å². The predicted molar refractivity (Wildman–Crippen MR) is 89.7 cm³/mol. The van der Waals surface area contributed by atoms with Gasteiger partial charge >= 0.3 is 0 Å². The number of nitrogens with one attached hydrogen (secondary N) is 3. The fraction of sp³-hybridized carbons (Fsp3) is 0.500. The first-order chi connectivity index (χ1) is 11.4. The molecule has 130 valence electrons. The molecule has 1 heterocycles. The molecule has 2 fully saturated rings. The van der Waals surface area contributed by atoms with Crippen LogP contribution in [0.5, 0.6) is 0 Å². The maximum absolute atomic E-state index is 13.6. The van der Waals surface area contributed by atoms with E-state index in [2.05, 4.69) is 16.2 Å². The van der Waals surface area contributed by atoms with Gasteiger partial charge < -0.3 is 5.32 Å². The second-order valence-electron chi connectivity index (χ2n) is 6.03. The van der Waals surface area contributed by atoms with E-state index in [1.807, 2.05) is 0 Å². The van der Waals surface area contributed by atoms with Crippen LogP contribution in [0.1, 0.15) is 19.3 Å². The number of nitrogens with zero attached hydrogens (tertiary/aromatic N) is 1. The van der Waals surface area contributed by atoms with Gasteiger partial charge in [-0.05, 0) is 41.1 Å². The molecule has 1 amide bonds. The van der Waals surface area contributed by atoms with Crippen molar-refractivity contribution in [2.45, 2.75) is 37.4 Å². The smallest absolute Gasteiger partial charge is 0.243 e. The number of hydrogen-bond acceptors (Lipinski definition) is 5. The maximum atomic E-state index is 13.6. The first-order valence-electron chi connectivity index (χ1n) is 7.46. The number of halogens is 3. The molecule has 0 spiro atoms. The Morgan fingerprint density at radius 1 is 1.29 bits per heavy atom. The zero-order valence-corrected chi connectivity index (χ0v) is 14.5. The van der Waals surface area contributed by atoms with Crippen molar-refractivity contribution in [1.29, 1.82) is 0 Å². The van der Waals surface area contributed by atoms with Crippen molar-refractivity contribution in [2.75, 3.05) is 5.32 Å². The van der Waals surface area contributed by atoms with Gasteiger partial charge in [0.25, 0.3) is 0 Å². The number of carbonyl (C=O) groups is 1. The molecule has 0 radical (unpaired) electrons. The Kier molecular flexibility index (Phi) is 4.97. The lowest BCUT2D eigenvalue weighted by molar-refractivity contribution is -0.528. The number of nitro groups is 1. The molecular formula is C14H15F2IN4O3. The standard InChI is InChI=1S/C14H15F2IN4O3/c15-9-3-6(4-10(16)12(9)17)18-14(22)13-8-5-7(21(23)24)1-2-11(8)19-20-13/h3-4,7-8,11,13,19-20H,1-2,5H2,(H,18,22). The van der Waals surface area contributed by atoms with Gasteiger partial charge in [-0.15, -0.1) is 0 Å². The van der Waals surface area contributed by atoms with E-state index in [0.717, 1.165) is 12.1 Å². The van der Waals surface area contributed by atoms with Crippen molar-refractivity contribution in [2.24, 2.45) is 5.92 Å². The van der Waals surface area contributed by atoms with Gasteiger partial charge in [-0.2, -0.15) is 0 Å². The van der Waals surface area contributed by atoms with E-state index in [0.29, 0.717) is 12.8 Å². The van der Waals surface area contributed by atoms with Gasteiger partial charge in [-0.3, -0.25) is 20.3 Å². The van der Waals surface area contributed by atoms with Crippen LogP contribution in [-0.2, 0) is 4.79 Å². The highest BCUT2D eigenvalue weighted by molar-refractivity contribution is 14.1. The molecule has 4 atom stereocenters. The molecule has 1 saturated heterocycles. The average Bonchev–Trinajstić information content (AvgIpc) is 2.95. The van der Waals surface area contributed by atoms with Crippen LogP contribution in [-0.4, -0.2) is 29.0 Å². The van der Waals surface area contributed by atoms with Crippen molar-refractivity contribution in [3.63, 3.8) is 0 Å². The first kappa shape index (κ1) is 17.4. The summed E-state index contributed by atoms with van der Waals surface area (Å²) in [4.78, 5) is 23.1. The van der Waals surface area contributed by atoms with E-state index in [4.69, 9.17) is 0 Å². The molecule has 7 nitrogen and oxygen atoms in total. The molecule has 3 N–H and O–H groups in total. The number of carbonyl (C=O) groups excluding carboxylic acids is 1. The molecular weight excluding hydrogens is 437 g/mol. The highest BCUT2D eigenvalue weighted by Crippen LogP contribution is 2.32. The number of hydrazine groups is 1. The molecule has 10 heteroatoms. The Hall–Kier alpha value is -1.40. The third-order valence-corrected chi connectivity index (χ3v) is 5.59. The van der Waals surface area contributed by atoms with E-state index in [9.17, 15) is 23.7 Å². The predicted octanol–water partition coefficient (Wildman–Crippen LogP) is 1.80. The highest BCUT2D eigenvalue weighted by atomic mass is 127. The molecule has 0 bridgehead atoms. The van der Waals surface area contributed by atoms with Crippen LogP contribution < -0.4 is 16.2 Å².